The Bertz CT molecular complexity index is 872. The average molecular weight is 357 g/mol. The van der Waals surface area contributed by atoms with Crippen LogP contribution in [0.2, 0.25) is 0 Å². The number of nitrogens with two attached hydrogens (primary N) is 1. The molecular formula is C20H23NO5. The molecule has 0 aliphatic carbocycles. The predicted molar refractivity (Wildman–Crippen MR) is 97.6 cm³/mol. The average Bonchev–Trinajstić information content (AvgIpc) is 2.57. The van der Waals surface area contributed by atoms with E-state index in [0.29, 0.717) is 17.6 Å². The molecule has 0 atom stereocenters. The van der Waals surface area contributed by atoms with Crippen LogP contribution >= 0.6 is 0 Å². The van der Waals surface area contributed by atoms with E-state index in [1.165, 1.54) is 6.92 Å². The highest BCUT2D eigenvalue weighted by molar-refractivity contribution is 5.99. The highest BCUT2D eigenvalue weighted by atomic mass is 16.6. The van der Waals surface area contributed by atoms with Gasteiger partial charge in [0.2, 0.25) is 0 Å². The second kappa shape index (κ2) is 6.96. The number of hydrogen-bond acceptors (Lipinski definition) is 6. The monoisotopic (exact) mass is 357 g/mol. The van der Waals surface area contributed by atoms with Gasteiger partial charge in [-0.15, -0.1) is 0 Å². The lowest BCUT2D eigenvalue weighted by atomic mass is 9.91. The van der Waals surface area contributed by atoms with Crippen LogP contribution < -0.4 is 19.9 Å². The van der Waals surface area contributed by atoms with Crippen LogP contribution in [0.3, 0.4) is 0 Å². The van der Waals surface area contributed by atoms with Crippen LogP contribution in [0.5, 0.6) is 17.2 Å². The van der Waals surface area contributed by atoms with Crippen LogP contribution in [0.25, 0.3) is 10.8 Å². The number of esters is 2. The summed E-state index contributed by atoms with van der Waals surface area (Å²) >= 11 is 0. The quantitative estimate of drug-likeness (QED) is 0.668. The molecule has 0 fully saturated rings. The molecule has 0 radical (unpaired) electrons. The van der Waals surface area contributed by atoms with E-state index in [1.807, 2.05) is 38.1 Å². The Morgan fingerprint density at radius 3 is 2.50 bits per heavy atom. The van der Waals surface area contributed by atoms with Crippen molar-refractivity contribution in [1.82, 2.24) is 0 Å². The van der Waals surface area contributed by atoms with Crippen molar-refractivity contribution in [1.29, 1.82) is 0 Å². The topological polar surface area (TPSA) is 87.9 Å². The summed E-state index contributed by atoms with van der Waals surface area (Å²) in [5, 5.41) is 1.48. The number of benzene rings is 2. The highest BCUT2D eigenvalue weighted by Crippen LogP contribution is 2.50. The van der Waals surface area contributed by atoms with Crippen molar-refractivity contribution in [2.24, 2.45) is 5.73 Å². The first kappa shape index (κ1) is 18.2. The molecule has 138 valence electrons. The number of carbonyl (C=O) groups is 2. The van der Waals surface area contributed by atoms with Gasteiger partial charge in [0.1, 0.15) is 11.4 Å². The summed E-state index contributed by atoms with van der Waals surface area (Å²) < 4.78 is 17.2. The SMILES string of the molecule is CC(=O)Oc1c2c(c3ccccc3c1OC(=O)CCN)OC(C)(C)CC2. The van der Waals surface area contributed by atoms with Crippen LogP contribution in [-0.2, 0) is 16.0 Å². The van der Waals surface area contributed by atoms with Gasteiger partial charge in [-0.25, -0.2) is 0 Å². The Balaban J connectivity index is 2.27. The first-order valence-electron chi connectivity index (χ1n) is 8.68. The summed E-state index contributed by atoms with van der Waals surface area (Å²) in [4.78, 5) is 23.8. The largest absolute Gasteiger partial charge is 0.487 e. The van der Waals surface area contributed by atoms with Crippen molar-refractivity contribution >= 4 is 22.7 Å². The fourth-order valence-corrected chi connectivity index (χ4v) is 3.14. The van der Waals surface area contributed by atoms with Crippen LogP contribution in [-0.4, -0.2) is 24.1 Å². The van der Waals surface area contributed by atoms with E-state index in [2.05, 4.69) is 0 Å². The molecule has 0 saturated heterocycles. The van der Waals surface area contributed by atoms with Crippen LogP contribution in [0.15, 0.2) is 24.3 Å². The van der Waals surface area contributed by atoms with Gasteiger partial charge in [-0.3, -0.25) is 9.59 Å². The number of fused-ring (bicyclic) bond motifs is 3. The van der Waals surface area contributed by atoms with Crippen molar-refractivity contribution in [2.45, 2.75) is 45.6 Å². The van der Waals surface area contributed by atoms with Gasteiger partial charge in [-0.2, -0.15) is 0 Å². The molecule has 6 heteroatoms. The van der Waals surface area contributed by atoms with Gasteiger partial charge in [0, 0.05) is 29.8 Å². The molecule has 0 bridgehead atoms. The fraction of sp³-hybridized carbons (Fsp3) is 0.400. The van der Waals surface area contributed by atoms with Crippen LogP contribution in [0.4, 0.5) is 0 Å². The minimum Gasteiger partial charge on any atom is -0.487 e. The molecule has 2 aromatic rings. The van der Waals surface area contributed by atoms with Gasteiger partial charge in [-0.1, -0.05) is 24.3 Å². The summed E-state index contributed by atoms with van der Waals surface area (Å²) in [6.07, 6.45) is 1.48. The molecule has 0 saturated carbocycles. The molecule has 0 unspecified atom stereocenters. The maximum Gasteiger partial charge on any atom is 0.312 e. The molecule has 1 heterocycles. The molecule has 0 aromatic heterocycles. The van der Waals surface area contributed by atoms with E-state index < -0.39 is 11.9 Å². The number of hydrogen-bond donors (Lipinski definition) is 1. The molecule has 0 spiro atoms. The third-order valence-corrected chi connectivity index (χ3v) is 4.34. The predicted octanol–water partition coefficient (Wildman–Crippen LogP) is 3.12. The summed E-state index contributed by atoms with van der Waals surface area (Å²) in [5.41, 5.74) is 5.86. The third-order valence-electron chi connectivity index (χ3n) is 4.34. The molecule has 1 aliphatic rings. The van der Waals surface area contributed by atoms with E-state index in [0.717, 1.165) is 17.4 Å². The van der Waals surface area contributed by atoms with Crippen molar-refractivity contribution in [3.8, 4) is 17.2 Å². The van der Waals surface area contributed by atoms with E-state index in [4.69, 9.17) is 19.9 Å². The minimum atomic E-state index is -0.483. The van der Waals surface area contributed by atoms with Crippen molar-refractivity contribution in [3.05, 3.63) is 29.8 Å². The lowest BCUT2D eigenvalue weighted by Gasteiger charge is -2.34. The fourth-order valence-electron chi connectivity index (χ4n) is 3.14. The first-order valence-corrected chi connectivity index (χ1v) is 8.68. The third kappa shape index (κ3) is 3.51. The summed E-state index contributed by atoms with van der Waals surface area (Å²) in [6.45, 7) is 5.54. The summed E-state index contributed by atoms with van der Waals surface area (Å²) in [5.74, 6) is 0.224. The maximum absolute atomic E-state index is 12.1. The molecule has 2 aromatic carbocycles. The molecule has 2 N–H and O–H groups in total. The van der Waals surface area contributed by atoms with Crippen LogP contribution in [0.1, 0.15) is 39.2 Å². The Kier molecular flexibility index (Phi) is 4.87. The second-order valence-corrected chi connectivity index (χ2v) is 6.98. The smallest absolute Gasteiger partial charge is 0.312 e. The van der Waals surface area contributed by atoms with Gasteiger partial charge in [0.25, 0.3) is 0 Å². The van der Waals surface area contributed by atoms with Crippen molar-refractivity contribution < 1.29 is 23.8 Å². The molecule has 1 aliphatic heterocycles. The zero-order chi connectivity index (χ0) is 18.9. The molecular weight excluding hydrogens is 334 g/mol. The first-order chi connectivity index (χ1) is 12.3. The van der Waals surface area contributed by atoms with Crippen molar-refractivity contribution in [2.75, 3.05) is 6.54 Å². The number of carbonyl (C=O) groups excluding carboxylic acids is 2. The van der Waals surface area contributed by atoms with E-state index >= 15 is 0 Å². The zero-order valence-corrected chi connectivity index (χ0v) is 15.3. The van der Waals surface area contributed by atoms with Gasteiger partial charge in [0.15, 0.2) is 11.5 Å². The molecule has 6 nitrogen and oxygen atoms in total. The normalized spacial score (nSPS) is 15.1. The maximum atomic E-state index is 12.1. The van der Waals surface area contributed by atoms with E-state index in [1.54, 1.807) is 0 Å². The molecule has 3 rings (SSSR count). The Morgan fingerprint density at radius 1 is 1.15 bits per heavy atom. The van der Waals surface area contributed by atoms with Crippen LogP contribution in [0, 0.1) is 0 Å². The Hall–Kier alpha value is -2.60. The highest BCUT2D eigenvalue weighted by Gasteiger charge is 2.33. The number of rotatable bonds is 4. The molecule has 0 amide bonds. The molecule has 26 heavy (non-hydrogen) atoms. The second-order valence-electron chi connectivity index (χ2n) is 6.98. The van der Waals surface area contributed by atoms with Gasteiger partial charge in [0.05, 0.1) is 6.42 Å². The summed E-state index contributed by atoms with van der Waals surface area (Å²) in [7, 11) is 0. The number of ether oxygens (including phenoxy) is 3. The standard InChI is InChI=1S/C20H23NO5/c1-12(22)24-19-15-8-10-20(2,3)26-17(15)13-6-4-5-7-14(13)18(19)25-16(23)9-11-21/h4-7H,8-11,21H2,1-3H3. The van der Waals surface area contributed by atoms with Gasteiger partial charge in [-0.05, 0) is 26.7 Å². The Morgan fingerprint density at radius 2 is 1.85 bits per heavy atom. The lowest BCUT2D eigenvalue weighted by Crippen LogP contribution is -2.33. The van der Waals surface area contributed by atoms with E-state index in [9.17, 15) is 9.59 Å². The van der Waals surface area contributed by atoms with E-state index in [-0.39, 0.29) is 30.1 Å². The minimum absolute atomic E-state index is 0.0778. The van der Waals surface area contributed by atoms with Gasteiger partial charge < -0.3 is 19.9 Å². The van der Waals surface area contributed by atoms with Crippen molar-refractivity contribution in [3.63, 3.8) is 0 Å². The Labute approximate surface area is 152 Å². The summed E-state index contributed by atoms with van der Waals surface area (Å²) in [6, 6.07) is 7.46. The zero-order valence-electron chi connectivity index (χ0n) is 15.3. The van der Waals surface area contributed by atoms with Gasteiger partial charge >= 0.3 is 11.9 Å². The lowest BCUT2D eigenvalue weighted by molar-refractivity contribution is -0.136.